The van der Waals surface area contributed by atoms with Gasteiger partial charge in [0, 0.05) is 36.6 Å². The number of ether oxygens (including phenoxy) is 2. The number of carbonyl (C=O) groups excluding carboxylic acids is 1. The highest BCUT2D eigenvalue weighted by atomic mass is 32.1. The maximum absolute atomic E-state index is 13.4. The molecule has 1 aliphatic rings. The molecule has 0 N–H and O–H groups in total. The second kappa shape index (κ2) is 8.55. The molecule has 0 bridgehead atoms. The summed E-state index contributed by atoms with van der Waals surface area (Å²) in [5.41, 5.74) is 2.31. The third-order valence-corrected chi connectivity index (χ3v) is 6.49. The molecule has 32 heavy (non-hydrogen) atoms. The molecule has 2 aromatic heterocycles. The van der Waals surface area contributed by atoms with Crippen LogP contribution in [0, 0.1) is 0 Å². The molecule has 8 heteroatoms. The fourth-order valence-electron chi connectivity index (χ4n) is 4.00. The Hall–Kier alpha value is -3.52. The minimum atomic E-state index is -0.122. The summed E-state index contributed by atoms with van der Waals surface area (Å²) in [6.07, 6.45) is 0.202. The third kappa shape index (κ3) is 3.78. The van der Waals surface area contributed by atoms with Crippen LogP contribution in [0.2, 0.25) is 0 Å². The fraction of sp³-hybridized carbons (Fsp3) is 0.250. The van der Waals surface area contributed by atoms with Crippen molar-refractivity contribution in [3.05, 3.63) is 75.3 Å². The molecule has 164 valence electrons. The van der Waals surface area contributed by atoms with Crippen molar-refractivity contribution in [2.75, 3.05) is 18.1 Å². The van der Waals surface area contributed by atoms with Crippen molar-refractivity contribution in [1.29, 1.82) is 0 Å². The molecule has 0 saturated carbocycles. The zero-order chi connectivity index (χ0) is 22.1. The van der Waals surface area contributed by atoms with Crippen LogP contribution in [-0.4, -0.2) is 28.3 Å². The van der Waals surface area contributed by atoms with Crippen LogP contribution in [0.4, 0.5) is 5.69 Å². The molecule has 0 radical (unpaired) electrons. The quantitative estimate of drug-likeness (QED) is 0.449. The molecule has 3 heterocycles. The molecule has 0 unspecified atom stereocenters. The van der Waals surface area contributed by atoms with E-state index in [1.54, 1.807) is 32.4 Å². The molecule has 0 saturated heterocycles. The van der Waals surface area contributed by atoms with E-state index in [0.29, 0.717) is 37.8 Å². The van der Waals surface area contributed by atoms with E-state index in [-0.39, 0.29) is 18.0 Å². The summed E-state index contributed by atoms with van der Waals surface area (Å²) < 4.78 is 14.6. The van der Waals surface area contributed by atoms with Gasteiger partial charge in [-0.15, -0.1) is 11.3 Å². The van der Waals surface area contributed by atoms with Gasteiger partial charge in [-0.25, -0.2) is 4.79 Å². The number of benzene rings is 2. The normalized spacial score (nSPS) is 12.8. The molecular weight excluding hydrogens is 426 g/mol. The number of thiophene rings is 1. The van der Waals surface area contributed by atoms with Crippen LogP contribution in [0.15, 0.2) is 64.8 Å². The Morgan fingerprint density at radius 2 is 1.81 bits per heavy atom. The van der Waals surface area contributed by atoms with Crippen LogP contribution in [0.1, 0.15) is 11.3 Å². The van der Waals surface area contributed by atoms with Crippen molar-refractivity contribution in [1.82, 2.24) is 9.13 Å². The summed E-state index contributed by atoms with van der Waals surface area (Å²) in [4.78, 5) is 29.0. The molecule has 0 fully saturated rings. The first-order valence-corrected chi connectivity index (χ1v) is 11.4. The van der Waals surface area contributed by atoms with E-state index < -0.39 is 0 Å². The number of anilines is 1. The van der Waals surface area contributed by atoms with Crippen LogP contribution >= 0.6 is 11.3 Å². The number of hydrogen-bond acceptors (Lipinski definition) is 5. The Bertz CT molecular complexity index is 1320. The van der Waals surface area contributed by atoms with Gasteiger partial charge in [-0.3, -0.25) is 13.9 Å². The van der Waals surface area contributed by atoms with E-state index in [9.17, 15) is 9.59 Å². The molecule has 0 atom stereocenters. The van der Waals surface area contributed by atoms with Crippen LogP contribution in [-0.2, 0) is 24.9 Å². The lowest BCUT2D eigenvalue weighted by molar-refractivity contribution is -0.119. The minimum absolute atomic E-state index is 0.0603. The average Bonchev–Trinajstić information content (AvgIpc) is 3.43. The number of para-hydroxylation sites is 2. The molecule has 0 spiro atoms. The van der Waals surface area contributed by atoms with Gasteiger partial charge in [-0.1, -0.05) is 18.2 Å². The van der Waals surface area contributed by atoms with Gasteiger partial charge in [0.15, 0.2) is 11.5 Å². The minimum Gasteiger partial charge on any atom is -0.486 e. The highest BCUT2D eigenvalue weighted by molar-refractivity contribution is 7.09. The van der Waals surface area contributed by atoms with Crippen molar-refractivity contribution in [3.63, 3.8) is 0 Å². The second-order valence-corrected chi connectivity index (χ2v) is 8.65. The number of nitrogens with zero attached hydrogens (tertiary/aromatic N) is 3. The van der Waals surface area contributed by atoms with Gasteiger partial charge in [0.2, 0.25) is 5.91 Å². The third-order valence-electron chi connectivity index (χ3n) is 5.63. The second-order valence-electron chi connectivity index (χ2n) is 7.62. The summed E-state index contributed by atoms with van der Waals surface area (Å²) in [5.74, 6) is 1.27. The number of fused-ring (bicyclic) bond motifs is 2. The molecule has 1 aliphatic heterocycles. The van der Waals surface area contributed by atoms with Crippen LogP contribution < -0.4 is 20.1 Å². The van der Waals surface area contributed by atoms with Crippen molar-refractivity contribution < 1.29 is 14.3 Å². The first kappa shape index (κ1) is 20.4. The van der Waals surface area contributed by atoms with E-state index in [1.165, 1.54) is 0 Å². The summed E-state index contributed by atoms with van der Waals surface area (Å²) in [6.45, 7) is 1.77. The molecule has 0 aliphatic carbocycles. The predicted molar refractivity (Wildman–Crippen MR) is 125 cm³/mol. The van der Waals surface area contributed by atoms with E-state index in [0.717, 1.165) is 21.6 Å². The average molecular weight is 450 g/mol. The fourth-order valence-corrected chi connectivity index (χ4v) is 4.70. The number of rotatable bonds is 6. The Morgan fingerprint density at radius 1 is 1.03 bits per heavy atom. The lowest BCUT2D eigenvalue weighted by atomic mass is 10.2. The zero-order valence-corrected chi connectivity index (χ0v) is 18.5. The van der Waals surface area contributed by atoms with Gasteiger partial charge in [-0.2, -0.15) is 0 Å². The van der Waals surface area contributed by atoms with E-state index in [2.05, 4.69) is 0 Å². The summed E-state index contributed by atoms with van der Waals surface area (Å²) in [7, 11) is 1.75. The number of aromatic nitrogens is 2. The molecular formula is C24H23N3O4S. The summed E-state index contributed by atoms with van der Waals surface area (Å²) in [5, 5.41) is 2.00. The highest BCUT2D eigenvalue weighted by Crippen LogP contribution is 2.35. The number of hydrogen-bond donors (Lipinski definition) is 0. The maximum atomic E-state index is 13.4. The first-order valence-electron chi connectivity index (χ1n) is 10.5. The van der Waals surface area contributed by atoms with Gasteiger partial charge in [0.1, 0.15) is 13.2 Å². The number of amides is 1. The first-order chi connectivity index (χ1) is 15.6. The lowest BCUT2D eigenvalue weighted by Gasteiger charge is -2.25. The Morgan fingerprint density at radius 3 is 2.59 bits per heavy atom. The largest absolute Gasteiger partial charge is 0.486 e. The van der Waals surface area contributed by atoms with E-state index >= 15 is 0 Å². The number of aryl methyl sites for hydroxylation is 2. The number of imidazole rings is 1. The monoisotopic (exact) mass is 449 g/mol. The van der Waals surface area contributed by atoms with Crippen molar-refractivity contribution >= 4 is 34.0 Å². The van der Waals surface area contributed by atoms with Crippen molar-refractivity contribution in [2.24, 2.45) is 7.05 Å². The van der Waals surface area contributed by atoms with Crippen LogP contribution in [0.5, 0.6) is 11.5 Å². The van der Waals surface area contributed by atoms with E-state index in [4.69, 9.17) is 9.47 Å². The SMILES string of the molecule is Cn1c(=O)n(CCC(=O)N(Cc2cccs2)c2ccc3c(c2)OCCO3)c2ccccc21. The topological polar surface area (TPSA) is 65.7 Å². The zero-order valence-electron chi connectivity index (χ0n) is 17.7. The standard InChI is InChI=1S/C24H23N3O4S/c1-25-19-6-2-3-7-20(19)26(24(25)29)11-10-23(28)27(16-18-5-4-14-32-18)17-8-9-21-22(15-17)31-13-12-30-21/h2-9,14-15H,10-13,16H2,1H3. The van der Waals surface area contributed by atoms with Gasteiger partial charge < -0.3 is 14.4 Å². The molecule has 5 rings (SSSR count). The highest BCUT2D eigenvalue weighted by Gasteiger charge is 2.21. The molecule has 4 aromatic rings. The van der Waals surface area contributed by atoms with Crippen molar-refractivity contribution in [3.8, 4) is 11.5 Å². The Kier molecular flexibility index (Phi) is 5.45. The summed E-state index contributed by atoms with van der Waals surface area (Å²) in [6, 6.07) is 17.2. The molecule has 1 amide bonds. The van der Waals surface area contributed by atoms with Gasteiger partial charge in [-0.05, 0) is 35.7 Å². The number of carbonyl (C=O) groups is 1. The maximum Gasteiger partial charge on any atom is 0.328 e. The Labute approximate surface area is 189 Å². The van der Waals surface area contributed by atoms with E-state index in [1.807, 2.05) is 60.0 Å². The molecule has 7 nitrogen and oxygen atoms in total. The van der Waals surface area contributed by atoms with Gasteiger partial charge in [0.05, 0.1) is 17.6 Å². The van der Waals surface area contributed by atoms with Gasteiger partial charge in [0.25, 0.3) is 0 Å². The lowest BCUT2D eigenvalue weighted by Crippen LogP contribution is -2.32. The van der Waals surface area contributed by atoms with Crippen molar-refractivity contribution in [2.45, 2.75) is 19.5 Å². The predicted octanol–water partition coefficient (Wildman–Crippen LogP) is 3.80. The van der Waals surface area contributed by atoms with Crippen LogP contribution in [0.25, 0.3) is 11.0 Å². The van der Waals surface area contributed by atoms with Crippen LogP contribution in [0.3, 0.4) is 0 Å². The smallest absolute Gasteiger partial charge is 0.328 e. The molecule has 2 aromatic carbocycles. The van der Waals surface area contributed by atoms with Gasteiger partial charge >= 0.3 is 5.69 Å². The Balaban J connectivity index is 1.43. The summed E-state index contributed by atoms with van der Waals surface area (Å²) >= 11 is 1.61.